The Bertz CT molecular complexity index is 914. The van der Waals surface area contributed by atoms with Crippen molar-refractivity contribution in [2.75, 3.05) is 5.75 Å². The fraction of sp³-hybridized carbons (Fsp3) is 0.227. The van der Waals surface area contributed by atoms with E-state index in [2.05, 4.69) is 21.9 Å². The van der Waals surface area contributed by atoms with Crippen molar-refractivity contribution in [1.82, 2.24) is 0 Å². The highest BCUT2D eigenvalue weighted by atomic mass is 32.2. The van der Waals surface area contributed by atoms with Gasteiger partial charge in [-0.2, -0.15) is 4.99 Å². The molecule has 0 spiro atoms. The summed E-state index contributed by atoms with van der Waals surface area (Å²) in [5.74, 6) is 0.226. The largest absolute Gasteiger partial charge is 0.508 e. The molecule has 158 valence electrons. The number of phenols is 1. The number of halogens is 1. The van der Waals surface area contributed by atoms with Crippen LogP contribution in [-0.2, 0) is 17.9 Å². The van der Waals surface area contributed by atoms with Crippen LogP contribution in [0.4, 0.5) is 4.39 Å². The van der Waals surface area contributed by atoms with Gasteiger partial charge in [-0.1, -0.05) is 61.2 Å². The van der Waals surface area contributed by atoms with Crippen LogP contribution < -0.4 is 5.73 Å². The minimum atomic E-state index is -0.715. The average molecular weight is 429 g/mol. The molecule has 2 aromatic carbocycles. The van der Waals surface area contributed by atoms with E-state index in [0.717, 1.165) is 35.7 Å². The van der Waals surface area contributed by atoms with E-state index in [1.807, 2.05) is 30.3 Å². The van der Waals surface area contributed by atoms with Crippen LogP contribution in [0, 0.1) is 0 Å². The van der Waals surface area contributed by atoms with Crippen molar-refractivity contribution in [3.63, 3.8) is 0 Å². The molecule has 6 nitrogen and oxygen atoms in total. The standard InChI is InChI=1S/C22H25FN4O2S/c1-2-11-30-22(26-14-17-7-4-3-5-8-17)27-21(25-15-19(23)13-24)29-16-18-9-6-10-20(28)12-18/h3-10,12-13,15,28H,2,11,14,16,24H2,1H3/b19-13-,25-15-,26-22?,27-21+. The molecule has 3 N–H and O–H groups in total. The number of aliphatic imine (C=N–C) groups is 3. The fourth-order valence-electron chi connectivity index (χ4n) is 2.18. The minimum Gasteiger partial charge on any atom is -0.508 e. The summed E-state index contributed by atoms with van der Waals surface area (Å²) in [6.07, 6.45) is 2.67. The van der Waals surface area contributed by atoms with Gasteiger partial charge in [0.2, 0.25) is 0 Å². The number of hydrogen-bond donors (Lipinski definition) is 2. The molecule has 2 aromatic rings. The summed E-state index contributed by atoms with van der Waals surface area (Å²) in [6, 6.07) is 16.4. The van der Waals surface area contributed by atoms with Gasteiger partial charge in [-0.05, 0) is 29.7 Å². The van der Waals surface area contributed by atoms with Crippen LogP contribution in [0.15, 0.2) is 81.6 Å². The van der Waals surface area contributed by atoms with Crippen molar-refractivity contribution in [3.8, 4) is 5.75 Å². The molecule has 0 bridgehead atoms. The second kappa shape index (κ2) is 13.2. The number of nitrogens with zero attached hydrogens (tertiary/aromatic N) is 3. The van der Waals surface area contributed by atoms with Gasteiger partial charge in [-0.15, -0.1) is 0 Å². The van der Waals surface area contributed by atoms with Gasteiger partial charge in [-0.25, -0.2) is 9.38 Å². The van der Waals surface area contributed by atoms with Gasteiger partial charge in [-0.3, -0.25) is 4.99 Å². The quantitative estimate of drug-likeness (QED) is 0.489. The molecule has 2 rings (SSSR count). The molecule has 0 aliphatic carbocycles. The first-order valence-corrected chi connectivity index (χ1v) is 10.4. The van der Waals surface area contributed by atoms with Crippen molar-refractivity contribution in [3.05, 3.63) is 77.8 Å². The van der Waals surface area contributed by atoms with Gasteiger partial charge in [0.15, 0.2) is 11.0 Å². The van der Waals surface area contributed by atoms with E-state index in [1.54, 1.807) is 24.3 Å². The van der Waals surface area contributed by atoms with Crippen LogP contribution in [-0.4, -0.2) is 28.3 Å². The van der Waals surface area contributed by atoms with Gasteiger partial charge in [0.25, 0.3) is 0 Å². The summed E-state index contributed by atoms with van der Waals surface area (Å²) < 4.78 is 19.1. The molecular weight excluding hydrogens is 403 g/mol. The topological polar surface area (TPSA) is 92.6 Å². The van der Waals surface area contributed by atoms with Crippen LogP contribution in [0.1, 0.15) is 24.5 Å². The lowest BCUT2D eigenvalue weighted by Gasteiger charge is -2.07. The van der Waals surface area contributed by atoms with Crippen LogP contribution >= 0.6 is 11.8 Å². The van der Waals surface area contributed by atoms with E-state index in [0.29, 0.717) is 11.7 Å². The Hall–Kier alpha value is -3.13. The van der Waals surface area contributed by atoms with Gasteiger partial charge < -0.3 is 15.6 Å². The zero-order valence-corrected chi connectivity index (χ0v) is 17.6. The Morgan fingerprint density at radius 3 is 2.63 bits per heavy atom. The molecule has 30 heavy (non-hydrogen) atoms. The predicted octanol–water partition coefficient (Wildman–Crippen LogP) is 4.80. The number of ether oxygens (including phenoxy) is 1. The van der Waals surface area contributed by atoms with E-state index < -0.39 is 5.83 Å². The fourth-order valence-corrected chi connectivity index (χ4v) is 2.87. The minimum absolute atomic E-state index is 0.0502. The summed E-state index contributed by atoms with van der Waals surface area (Å²) >= 11 is 1.47. The van der Waals surface area contributed by atoms with Gasteiger partial charge in [0.05, 0.1) is 12.8 Å². The first kappa shape index (κ1) is 23.2. The Labute approximate surface area is 180 Å². The number of hydrogen-bond acceptors (Lipinski definition) is 5. The summed E-state index contributed by atoms with van der Waals surface area (Å²) in [5.41, 5.74) is 6.92. The number of allylic oxidation sites excluding steroid dienone is 1. The van der Waals surface area contributed by atoms with Gasteiger partial charge in [0, 0.05) is 12.0 Å². The van der Waals surface area contributed by atoms with Crippen LogP contribution in [0.2, 0.25) is 0 Å². The third kappa shape index (κ3) is 8.91. The molecule has 0 unspecified atom stereocenters. The van der Waals surface area contributed by atoms with Gasteiger partial charge >= 0.3 is 6.02 Å². The van der Waals surface area contributed by atoms with Crippen molar-refractivity contribution in [1.29, 1.82) is 0 Å². The molecule has 0 heterocycles. The number of nitrogens with two attached hydrogens (primary N) is 1. The lowest BCUT2D eigenvalue weighted by Crippen LogP contribution is -2.06. The number of benzene rings is 2. The number of aromatic hydroxyl groups is 1. The maximum absolute atomic E-state index is 13.4. The molecule has 0 aliphatic rings. The highest BCUT2D eigenvalue weighted by molar-refractivity contribution is 8.13. The Morgan fingerprint density at radius 1 is 1.17 bits per heavy atom. The lowest BCUT2D eigenvalue weighted by molar-refractivity contribution is 0.288. The predicted molar refractivity (Wildman–Crippen MR) is 123 cm³/mol. The molecule has 0 aliphatic heterocycles. The highest BCUT2D eigenvalue weighted by Gasteiger charge is 2.06. The van der Waals surface area contributed by atoms with Crippen LogP contribution in [0.3, 0.4) is 0 Å². The number of rotatable bonds is 7. The summed E-state index contributed by atoms with van der Waals surface area (Å²) in [5, 5.41) is 10.1. The van der Waals surface area contributed by atoms with Crippen molar-refractivity contribution in [2.24, 2.45) is 20.7 Å². The second-order valence-corrected chi connectivity index (χ2v) is 7.16. The molecule has 0 atom stereocenters. The maximum atomic E-state index is 13.4. The van der Waals surface area contributed by atoms with E-state index in [1.165, 1.54) is 11.8 Å². The maximum Gasteiger partial charge on any atom is 0.319 e. The van der Waals surface area contributed by atoms with E-state index in [-0.39, 0.29) is 18.4 Å². The molecule has 0 saturated heterocycles. The first-order chi connectivity index (χ1) is 14.6. The van der Waals surface area contributed by atoms with E-state index in [4.69, 9.17) is 10.5 Å². The number of phenolic OH excluding ortho intramolecular Hbond substituents is 1. The highest BCUT2D eigenvalue weighted by Crippen LogP contribution is 2.14. The summed E-state index contributed by atoms with van der Waals surface area (Å²) in [7, 11) is 0. The third-order valence-electron chi connectivity index (χ3n) is 3.60. The monoisotopic (exact) mass is 428 g/mol. The Balaban J connectivity index is 2.23. The number of thioether (sulfide) groups is 1. The zero-order chi connectivity index (χ0) is 21.6. The first-order valence-electron chi connectivity index (χ1n) is 9.42. The van der Waals surface area contributed by atoms with E-state index >= 15 is 0 Å². The Kier molecular flexibility index (Phi) is 10.2. The SMILES string of the molecule is CCCSC(=NCc1ccccc1)\N=C(/N=C\C(F)=C\N)OCc1cccc(O)c1. The molecular formula is C22H25FN4O2S. The Morgan fingerprint density at radius 2 is 1.93 bits per heavy atom. The molecule has 0 aromatic heterocycles. The summed E-state index contributed by atoms with van der Waals surface area (Å²) in [6.45, 7) is 2.62. The molecule has 0 amide bonds. The summed E-state index contributed by atoms with van der Waals surface area (Å²) in [4.78, 5) is 12.9. The number of amidine groups is 2. The van der Waals surface area contributed by atoms with Crippen LogP contribution in [0.5, 0.6) is 5.75 Å². The molecule has 0 radical (unpaired) electrons. The van der Waals surface area contributed by atoms with E-state index in [9.17, 15) is 9.50 Å². The molecule has 8 heteroatoms. The van der Waals surface area contributed by atoms with Crippen molar-refractivity contribution in [2.45, 2.75) is 26.5 Å². The second-order valence-electron chi connectivity index (χ2n) is 6.10. The smallest absolute Gasteiger partial charge is 0.319 e. The third-order valence-corrected chi connectivity index (χ3v) is 4.69. The van der Waals surface area contributed by atoms with Crippen LogP contribution in [0.25, 0.3) is 0 Å². The van der Waals surface area contributed by atoms with Crippen molar-refractivity contribution < 1.29 is 14.2 Å². The molecule has 0 saturated carbocycles. The van der Waals surface area contributed by atoms with Gasteiger partial charge in [0.1, 0.15) is 12.4 Å². The average Bonchev–Trinajstić information content (AvgIpc) is 2.77. The van der Waals surface area contributed by atoms with Crippen molar-refractivity contribution >= 4 is 29.2 Å². The normalized spacial score (nSPS) is 13.1. The lowest BCUT2D eigenvalue weighted by atomic mass is 10.2. The molecule has 0 fully saturated rings. The zero-order valence-electron chi connectivity index (χ0n) is 16.7.